The highest BCUT2D eigenvalue weighted by Crippen LogP contribution is 2.28. The van der Waals surface area contributed by atoms with Crippen LogP contribution in [0.25, 0.3) is 0 Å². The average Bonchev–Trinajstić information content (AvgIpc) is 2.37. The number of hydrogen-bond donors (Lipinski definition) is 1. The van der Waals surface area contributed by atoms with Gasteiger partial charge in [-0.3, -0.25) is 4.79 Å². The van der Waals surface area contributed by atoms with Gasteiger partial charge in [0, 0.05) is 6.54 Å². The van der Waals surface area contributed by atoms with Crippen molar-refractivity contribution in [3.8, 4) is 0 Å². The second kappa shape index (κ2) is 3.18. The van der Waals surface area contributed by atoms with Crippen molar-refractivity contribution >= 4 is 15.9 Å². The Bertz CT molecular complexity index is 353. The Balaban J connectivity index is 1.82. The van der Waals surface area contributed by atoms with Crippen LogP contribution in [0.15, 0.2) is 0 Å². The smallest absolute Gasteiger partial charge is 0.229 e. The number of hydrogen-bond acceptors (Lipinski definition) is 4. The molecular formula is C7H12N2O4S. The molecule has 80 valence electrons. The zero-order chi connectivity index (χ0) is 10.3. The summed E-state index contributed by atoms with van der Waals surface area (Å²) < 4.78 is 29.3. The topological polar surface area (TPSA) is 75.7 Å². The van der Waals surface area contributed by atoms with Crippen LogP contribution >= 0.6 is 0 Å². The highest BCUT2D eigenvalue weighted by Gasteiger charge is 2.45. The first-order valence-corrected chi connectivity index (χ1v) is 6.24. The quantitative estimate of drug-likeness (QED) is 0.587. The van der Waals surface area contributed by atoms with Gasteiger partial charge in [-0.2, -0.15) is 0 Å². The van der Waals surface area contributed by atoms with Crippen LogP contribution in [-0.4, -0.2) is 50.9 Å². The number of ether oxygens (including phenoxy) is 1. The second-order valence-electron chi connectivity index (χ2n) is 3.58. The van der Waals surface area contributed by atoms with E-state index in [1.807, 2.05) is 0 Å². The summed E-state index contributed by atoms with van der Waals surface area (Å²) >= 11 is 0. The van der Waals surface area contributed by atoms with Crippen LogP contribution in [0.1, 0.15) is 6.42 Å². The number of rotatable bonds is 3. The summed E-state index contributed by atoms with van der Waals surface area (Å²) in [5.74, 6) is 0.0804. The minimum absolute atomic E-state index is 0.0804. The fourth-order valence-electron chi connectivity index (χ4n) is 1.61. The van der Waals surface area contributed by atoms with Crippen molar-refractivity contribution < 1.29 is 17.9 Å². The lowest BCUT2D eigenvalue weighted by Crippen LogP contribution is -2.48. The van der Waals surface area contributed by atoms with E-state index in [2.05, 4.69) is 4.72 Å². The molecule has 1 N–H and O–H groups in total. The Kier molecular flexibility index (Phi) is 2.24. The van der Waals surface area contributed by atoms with Gasteiger partial charge in [-0.15, -0.1) is 0 Å². The zero-order valence-corrected chi connectivity index (χ0v) is 8.58. The molecule has 0 radical (unpaired) electrons. The van der Waals surface area contributed by atoms with Gasteiger partial charge < -0.3 is 9.64 Å². The number of carbonyl (C=O) groups excluding carboxylic acids is 1. The maximum Gasteiger partial charge on any atom is 0.229 e. The lowest BCUT2D eigenvalue weighted by atomic mass is 10.2. The predicted molar refractivity (Wildman–Crippen MR) is 47.8 cm³/mol. The average molecular weight is 220 g/mol. The second-order valence-corrected chi connectivity index (χ2v) is 5.42. The first-order valence-electron chi connectivity index (χ1n) is 4.35. The summed E-state index contributed by atoms with van der Waals surface area (Å²) in [7, 11) is -3.17. The van der Waals surface area contributed by atoms with Gasteiger partial charge in [-0.05, 0) is 0 Å². The third-order valence-electron chi connectivity index (χ3n) is 2.34. The largest absolute Gasteiger partial charge is 0.351 e. The molecule has 7 heteroatoms. The summed E-state index contributed by atoms with van der Waals surface area (Å²) in [4.78, 5) is 12.6. The van der Waals surface area contributed by atoms with Crippen LogP contribution in [0.4, 0.5) is 0 Å². The summed E-state index contributed by atoms with van der Waals surface area (Å²) in [6.07, 6.45) is 1.20. The van der Waals surface area contributed by atoms with Crippen molar-refractivity contribution in [1.82, 2.24) is 9.62 Å². The summed E-state index contributed by atoms with van der Waals surface area (Å²) in [5.41, 5.74) is 0. The third kappa shape index (κ3) is 1.89. The summed E-state index contributed by atoms with van der Waals surface area (Å²) in [6.45, 7) is 0.727. The standard InChI is InChI=1S/C7H12N2O4S/c1-14(11,12)8-3-5-4-9-6(10)2-7(9)13-5/h5,7-8H,2-4H2,1H3. The summed E-state index contributed by atoms with van der Waals surface area (Å²) in [6, 6.07) is 0. The van der Waals surface area contributed by atoms with E-state index < -0.39 is 10.0 Å². The molecule has 0 bridgehead atoms. The maximum absolute atomic E-state index is 11.0. The van der Waals surface area contributed by atoms with E-state index in [-0.39, 0.29) is 24.8 Å². The fourth-order valence-corrected chi connectivity index (χ4v) is 2.10. The molecule has 2 atom stereocenters. The van der Waals surface area contributed by atoms with E-state index in [4.69, 9.17) is 4.74 Å². The van der Waals surface area contributed by atoms with Gasteiger partial charge in [0.15, 0.2) is 0 Å². The number of fused-ring (bicyclic) bond motifs is 1. The SMILES string of the molecule is CS(=O)(=O)NCC1CN2C(=O)CC2O1. The van der Waals surface area contributed by atoms with Gasteiger partial charge in [0.25, 0.3) is 0 Å². The minimum Gasteiger partial charge on any atom is -0.351 e. The molecule has 2 aliphatic rings. The van der Waals surface area contributed by atoms with Crippen molar-refractivity contribution in [3.63, 3.8) is 0 Å². The van der Waals surface area contributed by atoms with Crippen LogP contribution in [0.5, 0.6) is 0 Å². The summed E-state index contributed by atoms with van der Waals surface area (Å²) in [5, 5.41) is 0. The lowest BCUT2D eigenvalue weighted by Gasteiger charge is -2.31. The Morgan fingerprint density at radius 3 is 2.86 bits per heavy atom. The molecule has 2 fully saturated rings. The molecule has 0 aliphatic carbocycles. The molecule has 0 aromatic rings. The lowest BCUT2D eigenvalue weighted by molar-refractivity contribution is -0.156. The van der Waals surface area contributed by atoms with Crippen LogP contribution in [-0.2, 0) is 19.6 Å². The maximum atomic E-state index is 11.0. The number of β-lactam (4-membered cyclic amide) rings is 1. The zero-order valence-electron chi connectivity index (χ0n) is 7.76. The number of nitrogens with one attached hydrogen (secondary N) is 1. The Labute approximate surface area is 82.3 Å². The van der Waals surface area contributed by atoms with E-state index in [9.17, 15) is 13.2 Å². The molecule has 0 aromatic carbocycles. The molecule has 14 heavy (non-hydrogen) atoms. The van der Waals surface area contributed by atoms with E-state index in [1.165, 1.54) is 0 Å². The molecule has 2 aliphatic heterocycles. The highest BCUT2D eigenvalue weighted by atomic mass is 32.2. The molecule has 6 nitrogen and oxygen atoms in total. The fraction of sp³-hybridized carbons (Fsp3) is 0.857. The van der Waals surface area contributed by atoms with Gasteiger partial charge in [0.05, 0.1) is 25.3 Å². The Hall–Kier alpha value is -0.660. The molecule has 0 spiro atoms. The van der Waals surface area contributed by atoms with E-state index >= 15 is 0 Å². The first kappa shape index (κ1) is 9.88. The van der Waals surface area contributed by atoms with Gasteiger partial charge in [0.2, 0.25) is 15.9 Å². The Morgan fingerprint density at radius 1 is 1.64 bits per heavy atom. The number of carbonyl (C=O) groups is 1. The first-order chi connectivity index (χ1) is 6.46. The van der Waals surface area contributed by atoms with Gasteiger partial charge in [0.1, 0.15) is 6.23 Å². The van der Waals surface area contributed by atoms with Gasteiger partial charge in [-0.25, -0.2) is 13.1 Å². The van der Waals surface area contributed by atoms with E-state index in [1.54, 1.807) is 4.90 Å². The van der Waals surface area contributed by atoms with Crippen LogP contribution in [0.2, 0.25) is 0 Å². The molecule has 1 amide bonds. The molecule has 2 saturated heterocycles. The monoisotopic (exact) mass is 220 g/mol. The molecule has 0 saturated carbocycles. The van der Waals surface area contributed by atoms with Crippen molar-refractivity contribution in [1.29, 1.82) is 0 Å². The van der Waals surface area contributed by atoms with Gasteiger partial charge >= 0.3 is 0 Å². The van der Waals surface area contributed by atoms with Crippen molar-refractivity contribution in [2.24, 2.45) is 0 Å². The predicted octanol–water partition coefficient (Wildman–Crippen LogP) is -1.51. The number of nitrogens with zero attached hydrogens (tertiary/aromatic N) is 1. The van der Waals surface area contributed by atoms with Crippen molar-refractivity contribution in [2.75, 3.05) is 19.3 Å². The van der Waals surface area contributed by atoms with E-state index in [0.717, 1.165) is 6.26 Å². The molecule has 2 rings (SSSR count). The normalized spacial score (nSPS) is 31.5. The van der Waals surface area contributed by atoms with E-state index in [0.29, 0.717) is 13.0 Å². The number of amides is 1. The van der Waals surface area contributed by atoms with Crippen molar-refractivity contribution in [2.45, 2.75) is 18.8 Å². The van der Waals surface area contributed by atoms with Crippen molar-refractivity contribution in [3.05, 3.63) is 0 Å². The highest BCUT2D eigenvalue weighted by molar-refractivity contribution is 7.88. The molecular weight excluding hydrogens is 208 g/mol. The van der Waals surface area contributed by atoms with Crippen LogP contribution in [0, 0.1) is 0 Å². The molecule has 2 heterocycles. The van der Waals surface area contributed by atoms with Crippen LogP contribution < -0.4 is 4.72 Å². The van der Waals surface area contributed by atoms with Crippen LogP contribution in [0.3, 0.4) is 0 Å². The minimum atomic E-state index is -3.17. The molecule has 2 unspecified atom stereocenters. The number of sulfonamides is 1. The molecule has 0 aromatic heterocycles. The Morgan fingerprint density at radius 2 is 2.36 bits per heavy atom. The van der Waals surface area contributed by atoms with Gasteiger partial charge in [-0.1, -0.05) is 0 Å². The third-order valence-corrected chi connectivity index (χ3v) is 3.03.